The zero-order chi connectivity index (χ0) is 37.7. The molecule has 1 radical (unpaired) electrons. The summed E-state index contributed by atoms with van der Waals surface area (Å²) in [6.45, 7) is 12.2. The summed E-state index contributed by atoms with van der Waals surface area (Å²) in [4.78, 5) is 26.1. The molecule has 5 nitrogen and oxygen atoms in total. The number of pyridine rings is 3. The first-order valence-electron chi connectivity index (χ1n) is 19.3. The number of hydrogen-bond acceptors (Lipinski definition) is 5. The van der Waals surface area contributed by atoms with Gasteiger partial charge in [0.2, 0.25) is 0 Å². The van der Waals surface area contributed by atoms with Gasteiger partial charge in [-0.25, -0.2) is 0 Å². The summed E-state index contributed by atoms with van der Waals surface area (Å²) in [6.07, 6.45) is 13.2. The van der Waals surface area contributed by atoms with Crippen molar-refractivity contribution in [3.05, 3.63) is 138 Å². The smallest absolute Gasteiger partial charge is 0.162 e. The molecule has 283 valence electrons. The van der Waals surface area contributed by atoms with Gasteiger partial charge in [0, 0.05) is 56.1 Å². The Morgan fingerprint density at radius 1 is 0.778 bits per heavy atom. The number of aliphatic hydroxyl groups is 1. The van der Waals surface area contributed by atoms with Gasteiger partial charge in [-0.05, 0) is 103 Å². The molecule has 6 aromatic rings. The normalized spacial score (nSPS) is 11.4. The first kappa shape index (κ1) is 42.2. The molecule has 0 aliphatic rings. The minimum atomic E-state index is 0. The van der Waals surface area contributed by atoms with Crippen LogP contribution in [0.25, 0.3) is 44.2 Å². The fourth-order valence-corrected chi connectivity index (χ4v) is 6.95. The average Bonchev–Trinajstić information content (AvgIpc) is 3.18. The fourth-order valence-electron chi connectivity index (χ4n) is 6.95. The van der Waals surface area contributed by atoms with E-state index in [1.165, 1.54) is 28.0 Å². The molecule has 1 N–H and O–H groups in total. The number of unbranched alkanes of at least 4 members (excludes halogenated alkanes) is 1. The van der Waals surface area contributed by atoms with E-state index >= 15 is 0 Å². The number of carbonyl (C=O) groups is 1. The Balaban J connectivity index is 0.000000347. The van der Waals surface area contributed by atoms with E-state index in [1.54, 1.807) is 0 Å². The summed E-state index contributed by atoms with van der Waals surface area (Å²) in [5, 5.41) is 13.3. The second-order valence-corrected chi connectivity index (χ2v) is 13.9. The van der Waals surface area contributed by atoms with Crippen LogP contribution in [0.1, 0.15) is 88.6 Å². The number of hydrogen-bond donors (Lipinski definition) is 1. The summed E-state index contributed by atoms with van der Waals surface area (Å²) < 4.78 is 0. The topological polar surface area (TPSA) is 76.0 Å². The van der Waals surface area contributed by atoms with Gasteiger partial charge in [0.25, 0.3) is 0 Å². The summed E-state index contributed by atoms with van der Waals surface area (Å²) in [7, 11) is 0. The first-order valence-corrected chi connectivity index (χ1v) is 19.3. The number of carbonyl (C=O) groups excluding carboxylic acids is 1. The maximum Gasteiger partial charge on any atom is 0.162 e. The third kappa shape index (κ3) is 10.8. The van der Waals surface area contributed by atoms with E-state index in [-0.39, 0.29) is 43.5 Å². The number of aliphatic hydroxyl groups excluding tert-OH is 1. The van der Waals surface area contributed by atoms with E-state index in [1.807, 2.05) is 65.1 Å². The van der Waals surface area contributed by atoms with Crippen molar-refractivity contribution in [2.75, 3.05) is 0 Å². The number of allylic oxidation sites excluding steroid dienone is 2. The van der Waals surface area contributed by atoms with Gasteiger partial charge in [0.1, 0.15) is 0 Å². The van der Waals surface area contributed by atoms with E-state index < -0.39 is 0 Å². The molecule has 0 fully saturated rings. The van der Waals surface area contributed by atoms with Crippen LogP contribution in [0.5, 0.6) is 0 Å². The molecule has 3 aromatic heterocycles. The Kier molecular flexibility index (Phi) is 16.3. The quantitative estimate of drug-likeness (QED) is 0.0510. The van der Waals surface area contributed by atoms with Gasteiger partial charge >= 0.3 is 0 Å². The Morgan fingerprint density at radius 3 is 2.15 bits per heavy atom. The molecule has 3 heterocycles. The molecule has 6 rings (SSSR count). The minimum absolute atomic E-state index is 0. The number of ketones is 1. The van der Waals surface area contributed by atoms with E-state index in [4.69, 9.17) is 9.97 Å². The van der Waals surface area contributed by atoms with Crippen LogP contribution in [0, 0.1) is 37.8 Å². The molecule has 0 spiro atoms. The van der Waals surface area contributed by atoms with Crippen molar-refractivity contribution < 1.29 is 30.0 Å². The number of rotatable bonds is 14. The minimum Gasteiger partial charge on any atom is -0.512 e. The van der Waals surface area contributed by atoms with E-state index in [0.29, 0.717) is 0 Å². The van der Waals surface area contributed by atoms with E-state index in [9.17, 15) is 9.90 Å². The first-order chi connectivity index (χ1) is 25.8. The van der Waals surface area contributed by atoms with Crippen LogP contribution in [0.3, 0.4) is 0 Å². The van der Waals surface area contributed by atoms with Crippen LogP contribution in [0.4, 0.5) is 0 Å². The van der Waals surface area contributed by atoms with Crippen molar-refractivity contribution >= 4 is 27.5 Å². The Morgan fingerprint density at radius 2 is 1.48 bits per heavy atom. The third-order valence-electron chi connectivity index (χ3n) is 10.2. The summed E-state index contributed by atoms with van der Waals surface area (Å²) >= 11 is 0. The maximum atomic E-state index is 11.7. The van der Waals surface area contributed by atoms with E-state index in [2.05, 4.69) is 84.8 Å². The summed E-state index contributed by atoms with van der Waals surface area (Å²) in [5.74, 6) is 0.547. The van der Waals surface area contributed by atoms with Crippen LogP contribution >= 0.6 is 0 Å². The van der Waals surface area contributed by atoms with Crippen LogP contribution in [0.15, 0.2) is 103 Å². The van der Waals surface area contributed by atoms with Crippen LogP contribution in [-0.2, 0) is 37.7 Å². The summed E-state index contributed by atoms with van der Waals surface area (Å²) in [5.41, 5.74) is 9.66. The van der Waals surface area contributed by atoms with Crippen molar-refractivity contribution in [1.29, 1.82) is 0 Å². The fraction of sp³-hybridized carbons (Fsp3) is 0.333. The monoisotopic (exact) mass is 896 g/mol. The van der Waals surface area contributed by atoms with Gasteiger partial charge in [-0.2, -0.15) is 0 Å². The number of benzene rings is 3. The molecule has 0 bridgehead atoms. The standard InChI is InChI=1S/C35H29N3.C13H24O2.Ir/c1-24-20-32(30-18-16-25(2)38-34(30)21-24)35-31-15-9-8-14-29(31)28(23-37-35)13-7-6-10-26-17-19-33(36-22-26)27-11-4-3-5-12-27;1-5-10(6-2)12(14)9-13(15)11(7-3)8-4;/h3-5,8-9,11,14-19,21-23H,6-7,10,13H2,1-2H3;9-11,14H,5-8H2,1-4H3;/q-2;;/b;12-9-;. The number of aromatic nitrogens is 3. The molecule has 6 heteroatoms. The average molecular weight is 896 g/mol. The molecule has 0 aliphatic heterocycles. The van der Waals surface area contributed by atoms with Gasteiger partial charge in [0.15, 0.2) is 5.78 Å². The second kappa shape index (κ2) is 20.8. The molecular weight excluding hydrogens is 843 g/mol. The van der Waals surface area contributed by atoms with Crippen LogP contribution in [-0.4, -0.2) is 25.8 Å². The molecule has 0 saturated carbocycles. The van der Waals surface area contributed by atoms with E-state index in [0.717, 1.165) is 96.0 Å². The molecule has 0 saturated heterocycles. The Labute approximate surface area is 335 Å². The molecule has 0 atom stereocenters. The number of aryl methyl sites for hydroxylation is 4. The van der Waals surface area contributed by atoms with Gasteiger partial charge < -0.3 is 15.1 Å². The Hall–Kier alpha value is -4.51. The van der Waals surface area contributed by atoms with Crippen molar-refractivity contribution in [3.63, 3.8) is 0 Å². The maximum absolute atomic E-state index is 11.7. The summed E-state index contributed by atoms with van der Waals surface area (Å²) in [6, 6.07) is 34.0. The zero-order valence-electron chi connectivity index (χ0n) is 32.6. The van der Waals surface area contributed by atoms with Gasteiger partial charge in [-0.15, -0.1) is 59.2 Å². The molecule has 0 unspecified atom stereocenters. The predicted molar refractivity (Wildman–Crippen MR) is 220 cm³/mol. The molecular formula is C48H53IrN3O2-2. The zero-order valence-corrected chi connectivity index (χ0v) is 35.0. The SMILES string of the molecule is CCC(CC)C(=O)/C=C(\O)C(CC)CC.Cc1[c-]c(-c2ncc(CCCCc3ccc(-c4[c-]cccc4)nc3)c3ccccc23)c2ccc(C)nc2c1.[Ir]. The van der Waals surface area contributed by atoms with Crippen LogP contribution < -0.4 is 0 Å². The van der Waals surface area contributed by atoms with Crippen molar-refractivity contribution in [2.24, 2.45) is 11.8 Å². The van der Waals surface area contributed by atoms with Crippen molar-refractivity contribution in [1.82, 2.24) is 15.0 Å². The van der Waals surface area contributed by atoms with Crippen molar-refractivity contribution in [3.8, 4) is 22.5 Å². The Bertz CT molecular complexity index is 2130. The largest absolute Gasteiger partial charge is 0.512 e. The number of nitrogens with zero attached hydrogens (tertiary/aromatic N) is 3. The molecule has 0 aliphatic carbocycles. The third-order valence-corrected chi connectivity index (χ3v) is 10.2. The predicted octanol–water partition coefficient (Wildman–Crippen LogP) is 12.2. The van der Waals surface area contributed by atoms with Gasteiger partial charge in [0.05, 0.1) is 5.76 Å². The van der Waals surface area contributed by atoms with Crippen LogP contribution in [0.2, 0.25) is 0 Å². The van der Waals surface area contributed by atoms with Gasteiger partial charge in [-0.1, -0.05) is 82.5 Å². The molecule has 3 aromatic carbocycles. The number of fused-ring (bicyclic) bond motifs is 2. The van der Waals surface area contributed by atoms with Gasteiger partial charge in [-0.3, -0.25) is 9.78 Å². The molecule has 0 amide bonds. The van der Waals surface area contributed by atoms with Crippen molar-refractivity contribution in [2.45, 2.75) is 92.9 Å². The second-order valence-electron chi connectivity index (χ2n) is 13.9. The molecule has 54 heavy (non-hydrogen) atoms.